The van der Waals surface area contributed by atoms with Gasteiger partial charge in [-0.3, -0.25) is 4.98 Å². The molecule has 0 aliphatic rings. The van der Waals surface area contributed by atoms with E-state index < -0.39 is 0 Å². The molecule has 1 N–H and O–H groups in total. The van der Waals surface area contributed by atoms with E-state index in [9.17, 15) is 5.26 Å². The highest BCUT2D eigenvalue weighted by atomic mass is 16.5. The molecule has 3 heterocycles. The smallest absolute Gasteiger partial charge is 0.228 e. The first-order valence-electron chi connectivity index (χ1n) is 13.5. The summed E-state index contributed by atoms with van der Waals surface area (Å²) in [6.07, 6.45) is 2.58. The number of pyridine rings is 1. The summed E-state index contributed by atoms with van der Waals surface area (Å²) in [5.41, 5.74) is 5.32. The van der Waals surface area contributed by atoms with E-state index in [4.69, 9.17) is 24.4 Å². The Morgan fingerprint density at radius 1 is 0.976 bits per heavy atom. The van der Waals surface area contributed by atoms with Gasteiger partial charge < -0.3 is 14.8 Å². The van der Waals surface area contributed by atoms with Crippen molar-refractivity contribution in [2.75, 3.05) is 19.0 Å². The number of anilines is 1. The van der Waals surface area contributed by atoms with Crippen molar-refractivity contribution in [3.8, 4) is 34.5 Å². The number of nitriles is 1. The molecule has 0 aliphatic heterocycles. The van der Waals surface area contributed by atoms with Gasteiger partial charge in [0.15, 0.2) is 0 Å². The second-order valence-corrected chi connectivity index (χ2v) is 9.47. The van der Waals surface area contributed by atoms with Crippen LogP contribution in [0.3, 0.4) is 0 Å². The van der Waals surface area contributed by atoms with Crippen LogP contribution < -0.4 is 10.1 Å². The van der Waals surface area contributed by atoms with E-state index >= 15 is 0 Å². The summed E-state index contributed by atoms with van der Waals surface area (Å²) in [5.74, 6) is 1.05. The van der Waals surface area contributed by atoms with Gasteiger partial charge in [-0.1, -0.05) is 55.1 Å². The lowest BCUT2D eigenvalue weighted by Gasteiger charge is -2.13. The maximum atomic E-state index is 9.41. The van der Waals surface area contributed by atoms with Gasteiger partial charge in [0, 0.05) is 18.4 Å². The number of para-hydroxylation sites is 1. The highest BCUT2D eigenvalue weighted by molar-refractivity contribution is 5.68. The summed E-state index contributed by atoms with van der Waals surface area (Å²) in [4.78, 5) is 14.1. The Balaban J connectivity index is 1.41. The first kappa shape index (κ1) is 28.1. The van der Waals surface area contributed by atoms with Crippen molar-refractivity contribution in [1.29, 1.82) is 5.26 Å². The topological polar surface area (TPSA) is 124 Å². The zero-order valence-electron chi connectivity index (χ0n) is 23.4. The van der Waals surface area contributed by atoms with E-state index in [0.29, 0.717) is 40.8 Å². The molecule has 3 aromatic heterocycles. The zero-order valence-corrected chi connectivity index (χ0v) is 23.4. The number of nitrogens with zero attached hydrogens (tertiary/aromatic N) is 7. The number of benzene rings is 2. The zero-order chi connectivity index (χ0) is 29.3. The minimum atomic E-state index is -0.0611. The molecule has 0 saturated carbocycles. The molecule has 10 nitrogen and oxygen atoms in total. The molecule has 10 heteroatoms. The quantitative estimate of drug-likeness (QED) is 0.202. The molecule has 0 saturated heterocycles. The summed E-state index contributed by atoms with van der Waals surface area (Å²) < 4.78 is 13.1. The minimum absolute atomic E-state index is 0.0611. The summed E-state index contributed by atoms with van der Waals surface area (Å²) >= 11 is 0. The standard InChI is InChI=1S/C32H30N8O2/c1-4-31(41-3)27-15-9-12-25(35-27)19-40-20-30(38-39-40)29-17-28(24-11-8-10-23(16-24)18-33)36-32(37-29)34-22(2)21-42-26-13-6-5-7-14-26/h5-17,20,31H,2,4,19,21H2,1,3H3,(H,34,36,37). The third kappa shape index (κ3) is 7.02. The lowest BCUT2D eigenvalue weighted by molar-refractivity contribution is 0.0963. The molecular weight excluding hydrogens is 528 g/mol. The average Bonchev–Trinajstić information content (AvgIpc) is 3.50. The molecule has 0 aliphatic carbocycles. The van der Waals surface area contributed by atoms with Crippen molar-refractivity contribution in [3.63, 3.8) is 0 Å². The number of hydrogen-bond donors (Lipinski definition) is 1. The van der Waals surface area contributed by atoms with Crippen LogP contribution in [0.2, 0.25) is 0 Å². The van der Waals surface area contributed by atoms with Crippen molar-refractivity contribution >= 4 is 5.95 Å². The first-order valence-corrected chi connectivity index (χ1v) is 13.5. The van der Waals surface area contributed by atoms with E-state index in [1.807, 2.05) is 72.9 Å². The Bertz CT molecular complexity index is 1710. The molecular formula is C32H30N8O2. The van der Waals surface area contributed by atoms with Gasteiger partial charge in [0.2, 0.25) is 5.95 Å². The average molecular weight is 559 g/mol. The molecule has 0 bridgehead atoms. The highest BCUT2D eigenvalue weighted by Gasteiger charge is 2.14. The number of nitrogens with one attached hydrogen (secondary N) is 1. The molecule has 1 atom stereocenters. The second kappa shape index (κ2) is 13.3. The Morgan fingerprint density at radius 2 is 1.79 bits per heavy atom. The molecule has 5 rings (SSSR count). The maximum absolute atomic E-state index is 9.41. The van der Waals surface area contributed by atoms with Crippen molar-refractivity contribution in [1.82, 2.24) is 29.9 Å². The highest BCUT2D eigenvalue weighted by Crippen LogP contribution is 2.26. The number of hydrogen-bond acceptors (Lipinski definition) is 9. The van der Waals surface area contributed by atoms with Crippen LogP contribution in [0.5, 0.6) is 5.75 Å². The second-order valence-electron chi connectivity index (χ2n) is 9.47. The van der Waals surface area contributed by atoms with Gasteiger partial charge in [-0.2, -0.15) is 5.26 Å². The first-order chi connectivity index (χ1) is 20.5. The monoisotopic (exact) mass is 558 g/mol. The summed E-state index contributed by atoms with van der Waals surface area (Å²) in [7, 11) is 1.69. The Kier molecular flexibility index (Phi) is 8.91. The lowest BCUT2D eigenvalue weighted by Crippen LogP contribution is -2.11. The summed E-state index contributed by atoms with van der Waals surface area (Å²) in [5, 5.41) is 21.3. The van der Waals surface area contributed by atoms with Crippen LogP contribution in [0.25, 0.3) is 22.6 Å². The van der Waals surface area contributed by atoms with Crippen molar-refractivity contribution < 1.29 is 9.47 Å². The summed E-state index contributed by atoms with van der Waals surface area (Å²) in [6.45, 7) is 6.79. The number of aromatic nitrogens is 6. The molecule has 0 amide bonds. The van der Waals surface area contributed by atoms with Crippen molar-refractivity contribution in [2.24, 2.45) is 0 Å². The fourth-order valence-corrected chi connectivity index (χ4v) is 4.33. The van der Waals surface area contributed by atoms with E-state index in [0.717, 1.165) is 29.1 Å². The number of methoxy groups -OCH3 is 1. The Hall–Kier alpha value is -5.40. The van der Waals surface area contributed by atoms with Gasteiger partial charge in [0.05, 0.1) is 53.3 Å². The SMILES string of the molecule is C=C(COc1ccccc1)Nc1nc(-c2cccc(C#N)c2)cc(-c2cn(Cc3cccc(C(CC)OC)n3)nn2)n1. The third-order valence-electron chi connectivity index (χ3n) is 6.40. The fourth-order valence-electron chi connectivity index (χ4n) is 4.33. The summed E-state index contributed by atoms with van der Waals surface area (Å²) in [6, 6.07) is 26.6. The molecule has 210 valence electrons. The van der Waals surface area contributed by atoms with Crippen LogP contribution in [-0.4, -0.2) is 43.7 Å². The van der Waals surface area contributed by atoms with Gasteiger partial charge in [0.25, 0.3) is 0 Å². The molecule has 42 heavy (non-hydrogen) atoms. The lowest BCUT2D eigenvalue weighted by atomic mass is 10.1. The van der Waals surface area contributed by atoms with Crippen LogP contribution in [0, 0.1) is 11.3 Å². The van der Waals surface area contributed by atoms with Gasteiger partial charge in [-0.05, 0) is 48.9 Å². The van der Waals surface area contributed by atoms with Crippen molar-refractivity contribution in [2.45, 2.75) is 26.0 Å². The van der Waals surface area contributed by atoms with Crippen LogP contribution in [0.1, 0.15) is 36.4 Å². The van der Waals surface area contributed by atoms with Gasteiger partial charge >= 0.3 is 0 Å². The molecule has 1 unspecified atom stereocenters. The normalized spacial score (nSPS) is 11.5. The van der Waals surface area contributed by atoms with Gasteiger partial charge in [0.1, 0.15) is 18.1 Å². The van der Waals surface area contributed by atoms with E-state index in [1.165, 1.54) is 0 Å². The third-order valence-corrected chi connectivity index (χ3v) is 6.40. The molecule has 0 radical (unpaired) electrons. The number of rotatable bonds is 12. The van der Waals surface area contributed by atoms with Crippen LogP contribution in [0.4, 0.5) is 5.95 Å². The molecule has 2 aromatic carbocycles. The molecule has 5 aromatic rings. The molecule has 0 fully saturated rings. The van der Waals surface area contributed by atoms with Crippen LogP contribution in [0.15, 0.2) is 97.3 Å². The van der Waals surface area contributed by atoms with Crippen LogP contribution >= 0.6 is 0 Å². The Labute approximate surface area is 244 Å². The van der Waals surface area contributed by atoms with Gasteiger partial charge in [-0.15, -0.1) is 5.10 Å². The predicted molar refractivity (Wildman–Crippen MR) is 159 cm³/mol. The van der Waals surface area contributed by atoms with E-state index in [1.54, 1.807) is 23.9 Å². The van der Waals surface area contributed by atoms with Crippen molar-refractivity contribution in [3.05, 3.63) is 114 Å². The van der Waals surface area contributed by atoms with Crippen LogP contribution in [-0.2, 0) is 11.3 Å². The molecule has 0 spiro atoms. The fraction of sp³-hybridized carbons (Fsp3) is 0.188. The van der Waals surface area contributed by atoms with E-state index in [-0.39, 0.29) is 12.7 Å². The van der Waals surface area contributed by atoms with E-state index in [2.05, 4.69) is 35.2 Å². The largest absolute Gasteiger partial charge is 0.487 e. The maximum Gasteiger partial charge on any atom is 0.228 e. The minimum Gasteiger partial charge on any atom is -0.487 e. The van der Waals surface area contributed by atoms with Gasteiger partial charge in [-0.25, -0.2) is 14.6 Å². The predicted octanol–water partition coefficient (Wildman–Crippen LogP) is 5.82. The number of ether oxygens (including phenoxy) is 2. The Morgan fingerprint density at radius 3 is 2.57 bits per heavy atom.